The number of rotatable bonds is 6. The van der Waals surface area contributed by atoms with Gasteiger partial charge in [0.2, 0.25) is 0 Å². The van der Waals surface area contributed by atoms with E-state index in [9.17, 15) is 14.9 Å². The minimum atomic E-state index is -0.497. The molecule has 1 aromatic heterocycles. The van der Waals surface area contributed by atoms with Gasteiger partial charge in [-0.1, -0.05) is 6.92 Å². The molecule has 0 amide bonds. The van der Waals surface area contributed by atoms with Crippen LogP contribution in [0.2, 0.25) is 0 Å². The van der Waals surface area contributed by atoms with Crippen molar-refractivity contribution in [3.63, 3.8) is 0 Å². The summed E-state index contributed by atoms with van der Waals surface area (Å²) in [5.41, 5.74) is 0.548. The summed E-state index contributed by atoms with van der Waals surface area (Å²) in [5.74, 6) is 0.0974. The van der Waals surface area contributed by atoms with Crippen LogP contribution in [0.3, 0.4) is 0 Å². The zero-order chi connectivity index (χ0) is 12.1. The van der Waals surface area contributed by atoms with Gasteiger partial charge in [0.25, 0.3) is 0 Å². The fraction of sp³-hybridized carbons (Fsp3) is 0.600. The highest BCUT2D eigenvalue weighted by Gasteiger charge is 2.16. The molecule has 0 spiro atoms. The molecule has 0 unspecified atom stereocenters. The van der Waals surface area contributed by atoms with Gasteiger partial charge in [-0.2, -0.15) is 4.68 Å². The Balaban J connectivity index is 2.52. The lowest BCUT2D eigenvalue weighted by atomic mass is 10.2. The Kier molecular flexibility index (Phi) is 4.16. The van der Waals surface area contributed by atoms with Crippen LogP contribution in [0.25, 0.3) is 0 Å². The number of Topliss-reactive ketones (excluding diaryl/α,β-unsaturated/α-hetero) is 1. The lowest BCUT2D eigenvalue weighted by molar-refractivity contribution is -0.390. The minimum absolute atomic E-state index is 0.109. The topological polar surface area (TPSA) is 78.0 Å². The molecule has 1 heterocycles. The first kappa shape index (κ1) is 12.4. The molecule has 0 saturated carbocycles. The van der Waals surface area contributed by atoms with Gasteiger partial charge >= 0.3 is 5.82 Å². The van der Waals surface area contributed by atoms with E-state index in [1.54, 1.807) is 13.1 Å². The predicted octanol–water partition coefficient (Wildman–Crippen LogP) is 1.86. The average Bonchev–Trinajstić information content (AvgIpc) is 2.59. The Morgan fingerprint density at radius 1 is 1.62 bits per heavy atom. The van der Waals surface area contributed by atoms with Crippen molar-refractivity contribution in [1.82, 2.24) is 9.78 Å². The molecule has 1 rings (SSSR count). The van der Waals surface area contributed by atoms with E-state index < -0.39 is 4.92 Å². The minimum Gasteiger partial charge on any atom is -0.358 e. The summed E-state index contributed by atoms with van der Waals surface area (Å²) in [6, 6.07) is 0. The molecule has 0 radical (unpaired) electrons. The smallest absolute Gasteiger partial charge is 0.358 e. The third kappa shape index (κ3) is 3.15. The van der Waals surface area contributed by atoms with E-state index in [1.807, 2.05) is 6.92 Å². The number of carbonyl (C=O) groups excluding carboxylic acids is 1. The van der Waals surface area contributed by atoms with E-state index in [0.717, 1.165) is 0 Å². The Morgan fingerprint density at radius 3 is 2.81 bits per heavy atom. The quantitative estimate of drug-likeness (QED) is 0.546. The van der Waals surface area contributed by atoms with Crippen molar-refractivity contribution in [2.24, 2.45) is 0 Å². The summed E-state index contributed by atoms with van der Waals surface area (Å²) >= 11 is 0. The average molecular weight is 225 g/mol. The van der Waals surface area contributed by atoms with E-state index >= 15 is 0 Å². The van der Waals surface area contributed by atoms with Crippen molar-refractivity contribution < 1.29 is 9.72 Å². The lowest BCUT2D eigenvalue weighted by Crippen LogP contribution is -2.03. The molecule has 6 heteroatoms. The number of nitrogens with zero attached hydrogens (tertiary/aromatic N) is 3. The summed E-state index contributed by atoms with van der Waals surface area (Å²) in [6.45, 7) is 4.02. The maximum absolute atomic E-state index is 11.0. The number of aromatic nitrogens is 2. The second kappa shape index (κ2) is 5.39. The fourth-order valence-electron chi connectivity index (χ4n) is 1.42. The highest BCUT2D eigenvalue weighted by molar-refractivity contribution is 5.77. The van der Waals surface area contributed by atoms with Gasteiger partial charge in [0.15, 0.2) is 0 Å². The van der Waals surface area contributed by atoms with Gasteiger partial charge in [-0.05, 0) is 18.3 Å². The third-order valence-electron chi connectivity index (χ3n) is 2.33. The molecular formula is C10H15N3O3. The Hall–Kier alpha value is -1.72. The molecule has 0 saturated heterocycles. The molecule has 0 atom stereocenters. The number of hydrogen-bond acceptors (Lipinski definition) is 4. The first-order chi connectivity index (χ1) is 7.54. The summed E-state index contributed by atoms with van der Waals surface area (Å²) in [6.07, 6.45) is 3.35. The van der Waals surface area contributed by atoms with Crippen LogP contribution in [0.15, 0.2) is 6.20 Å². The van der Waals surface area contributed by atoms with Gasteiger partial charge < -0.3 is 10.1 Å². The fourth-order valence-corrected chi connectivity index (χ4v) is 1.42. The SMILES string of the molecule is CCC(=O)CCCn1cc(C)c([N+](=O)[O-])n1. The van der Waals surface area contributed by atoms with Crippen molar-refractivity contribution in [3.05, 3.63) is 21.9 Å². The summed E-state index contributed by atoms with van der Waals surface area (Å²) in [7, 11) is 0. The first-order valence-corrected chi connectivity index (χ1v) is 5.24. The summed E-state index contributed by atoms with van der Waals surface area (Å²) in [5, 5.41) is 14.4. The van der Waals surface area contributed by atoms with Crippen LogP contribution in [0, 0.1) is 17.0 Å². The molecule has 0 aliphatic carbocycles. The molecule has 1 aromatic rings. The van der Waals surface area contributed by atoms with E-state index in [0.29, 0.717) is 31.4 Å². The monoisotopic (exact) mass is 225 g/mol. The zero-order valence-electron chi connectivity index (χ0n) is 9.47. The van der Waals surface area contributed by atoms with Crippen LogP contribution in [0.1, 0.15) is 31.7 Å². The van der Waals surface area contributed by atoms with Crippen LogP contribution >= 0.6 is 0 Å². The highest BCUT2D eigenvalue weighted by atomic mass is 16.6. The molecule has 16 heavy (non-hydrogen) atoms. The summed E-state index contributed by atoms with van der Waals surface area (Å²) in [4.78, 5) is 21.1. The standard InChI is InChI=1S/C10H15N3O3/c1-3-9(14)5-4-6-12-7-8(2)10(11-12)13(15)16/h7H,3-6H2,1-2H3. The van der Waals surface area contributed by atoms with Gasteiger partial charge in [-0.15, -0.1) is 0 Å². The number of ketones is 1. The molecular weight excluding hydrogens is 210 g/mol. The second-order valence-corrected chi connectivity index (χ2v) is 3.65. The number of nitro groups is 1. The van der Waals surface area contributed by atoms with Crippen molar-refractivity contribution in [2.75, 3.05) is 0 Å². The molecule has 0 aliphatic rings. The molecule has 88 valence electrons. The van der Waals surface area contributed by atoms with Gasteiger partial charge in [0.1, 0.15) is 5.78 Å². The van der Waals surface area contributed by atoms with Gasteiger partial charge in [0.05, 0.1) is 23.4 Å². The molecule has 0 bridgehead atoms. The molecule has 0 fully saturated rings. The molecule has 0 N–H and O–H groups in total. The normalized spacial score (nSPS) is 10.4. The van der Waals surface area contributed by atoms with E-state index in [2.05, 4.69) is 5.10 Å². The number of carbonyl (C=O) groups is 1. The van der Waals surface area contributed by atoms with Crippen LogP contribution < -0.4 is 0 Å². The van der Waals surface area contributed by atoms with Crippen LogP contribution in [-0.4, -0.2) is 20.5 Å². The molecule has 0 aromatic carbocycles. The maximum atomic E-state index is 11.0. The first-order valence-electron chi connectivity index (χ1n) is 5.24. The zero-order valence-corrected chi connectivity index (χ0v) is 9.47. The molecule has 6 nitrogen and oxygen atoms in total. The third-order valence-corrected chi connectivity index (χ3v) is 2.33. The highest BCUT2D eigenvalue weighted by Crippen LogP contribution is 2.14. The second-order valence-electron chi connectivity index (χ2n) is 3.65. The van der Waals surface area contributed by atoms with Gasteiger partial charge in [-0.25, -0.2) is 0 Å². The van der Waals surface area contributed by atoms with Crippen molar-refractivity contribution in [3.8, 4) is 0 Å². The van der Waals surface area contributed by atoms with E-state index in [1.165, 1.54) is 4.68 Å². The van der Waals surface area contributed by atoms with Crippen LogP contribution in [-0.2, 0) is 11.3 Å². The largest absolute Gasteiger partial charge is 0.392 e. The van der Waals surface area contributed by atoms with Crippen molar-refractivity contribution >= 4 is 11.6 Å². The Morgan fingerprint density at radius 2 is 2.31 bits per heavy atom. The van der Waals surface area contributed by atoms with Crippen molar-refractivity contribution in [2.45, 2.75) is 39.7 Å². The van der Waals surface area contributed by atoms with Gasteiger partial charge in [-0.3, -0.25) is 4.79 Å². The summed E-state index contributed by atoms with van der Waals surface area (Å²) < 4.78 is 1.52. The Labute approximate surface area is 93.4 Å². The van der Waals surface area contributed by atoms with Crippen molar-refractivity contribution in [1.29, 1.82) is 0 Å². The Bertz CT molecular complexity index is 398. The number of hydrogen-bond donors (Lipinski definition) is 0. The van der Waals surface area contributed by atoms with Crippen LogP contribution in [0.5, 0.6) is 0 Å². The maximum Gasteiger partial charge on any atom is 0.392 e. The van der Waals surface area contributed by atoms with Gasteiger partial charge in [0, 0.05) is 12.8 Å². The van der Waals surface area contributed by atoms with E-state index in [4.69, 9.17) is 0 Å². The van der Waals surface area contributed by atoms with Crippen LogP contribution in [0.4, 0.5) is 5.82 Å². The number of aryl methyl sites for hydroxylation is 2. The molecule has 0 aliphatic heterocycles. The predicted molar refractivity (Wildman–Crippen MR) is 58.2 cm³/mol. The lowest BCUT2D eigenvalue weighted by Gasteiger charge is -1.96. The van der Waals surface area contributed by atoms with E-state index in [-0.39, 0.29) is 11.6 Å².